The standard InChI is InChI=1S/C26H23N3O3S.ClH/c1-31-20-10-6-18(7-11-20)24-25(19-8-12-21(32-2)13-9-19)33-26(29-24)23(27)22(30)14-5-17-4-3-15-28-16-17;/h3-16,23H,27H2,1-2H3;1H/b14-5+;. The summed E-state index contributed by atoms with van der Waals surface area (Å²) in [5.41, 5.74) is 9.80. The molecule has 0 aliphatic carbocycles. The molecule has 8 heteroatoms. The van der Waals surface area contributed by atoms with E-state index in [4.69, 9.17) is 20.2 Å². The molecule has 0 aliphatic rings. The monoisotopic (exact) mass is 493 g/mol. The Morgan fingerprint density at radius 3 is 2.15 bits per heavy atom. The third-order valence-corrected chi connectivity index (χ3v) is 6.24. The van der Waals surface area contributed by atoms with Gasteiger partial charge in [0.15, 0.2) is 5.78 Å². The fraction of sp³-hybridized carbons (Fsp3) is 0.115. The van der Waals surface area contributed by atoms with Gasteiger partial charge in [-0.05, 0) is 77.9 Å². The highest BCUT2D eigenvalue weighted by Gasteiger charge is 2.22. The number of pyridine rings is 1. The Balaban J connectivity index is 0.00000324. The molecule has 0 spiro atoms. The Hall–Kier alpha value is -3.52. The van der Waals surface area contributed by atoms with Crippen LogP contribution < -0.4 is 15.2 Å². The lowest BCUT2D eigenvalue weighted by molar-refractivity contribution is -0.115. The molecule has 2 heterocycles. The SMILES string of the molecule is COc1ccc(-c2nc(C(N)C(=O)/C=C/c3cccnc3)sc2-c2ccc(OC)cc2)cc1.Cl. The first-order valence-electron chi connectivity index (χ1n) is 10.3. The van der Waals surface area contributed by atoms with Crippen molar-refractivity contribution < 1.29 is 14.3 Å². The zero-order valence-corrected chi connectivity index (χ0v) is 20.3. The van der Waals surface area contributed by atoms with E-state index >= 15 is 0 Å². The van der Waals surface area contributed by atoms with E-state index in [1.54, 1.807) is 32.7 Å². The molecule has 0 bridgehead atoms. The van der Waals surface area contributed by atoms with E-state index in [2.05, 4.69) is 4.98 Å². The van der Waals surface area contributed by atoms with Crippen LogP contribution in [0.2, 0.25) is 0 Å². The maximum Gasteiger partial charge on any atom is 0.179 e. The molecule has 0 saturated heterocycles. The maximum atomic E-state index is 12.8. The minimum absolute atomic E-state index is 0. The smallest absolute Gasteiger partial charge is 0.179 e. The van der Waals surface area contributed by atoms with E-state index in [0.29, 0.717) is 5.01 Å². The molecule has 2 N–H and O–H groups in total. The van der Waals surface area contributed by atoms with Crippen LogP contribution in [-0.2, 0) is 4.79 Å². The molecule has 1 atom stereocenters. The number of nitrogens with two attached hydrogens (primary N) is 1. The first-order chi connectivity index (χ1) is 16.1. The van der Waals surface area contributed by atoms with Crippen molar-refractivity contribution in [3.05, 3.63) is 89.7 Å². The van der Waals surface area contributed by atoms with Gasteiger partial charge in [0.25, 0.3) is 0 Å². The van der Waals surface area contributed by atoms with Crippen LogP contribution in [0, 0.1) is 0 Å². The third-order valence-electron chi connectivity index (χ3n) is 5.06. The molecule has 0 radical (unpaired) electrons. The summed E-state index contributed by atoms with van der Waals surface area (Å²) >= 11 is 1.41. The molecular formula is C26H24ClN3O3S. The molecule has 0 amide bonds. The second kappa shape index (κ2) is 11.6. The van der Waals surface area contributed by atoms with Crippen molar-refractivity contribution in [3.63, 3.8) is 0 Å². The third kappa shape index (κ3) is 5.69. The normalized spacial score (nSPS) is 11.6. The summed E-state index contributed by atoms with van der Waals surface area (Å²) in [6, 6.07) is 18.2. The molecule has 4 aromatic rings. The maximum absolute atomic E-state index is 12.8. The summed E-state index contributed by atoms with van der Waals surface area (Å²) in [7, 11) is 3.26. The quantitative estimate of drug-likeness (QED) is 0.322. The van der Waals surface area contributed by atoms with Crippen LogP contribution in [0.5, 0.6) is 11.5 Å². The van der Waals surface area contributed by atoms with Crippen molar-refractivity contribution in [2.45, 2.75) is 6.04 Å². The van der Waals surface area contributed by atoms with Crippen molar-refractivity contribution in [1.29, 1.82) is 0 Å². The Kier molecular flexibility index (Phi) is 8.54. The van der Waals surface area contributed by atoms with Gasteiger partial charge in [0, 0.05) is 18.0 Å². The highest BCUT2D eigenvalue weighted by atomic mass is 35.5. The molecule has 2 aromatic carbocycles. The van der Waals surface area contributed by atoms with E-state index in [-0.39, 0.29) is 18.2 Å². The number of hydrogen-bond donors (Lipinski definition) is 1. The molecule has 0 saturated carbocycles. The topological polar surface area (TPSA) is 87.3 Å². The summed E-state index contributed by atoms with van der Waals surface area (Å²) in [6.07, 6.45) is 6.55. The van der Waals surface area contributed by atoms with E-state index in [1.807, 2.05) is 60.7 Å². The zero-order chi connectivity index (χ0) is 23.2. The lowest BCUT2D eigenvalue weighted by atomic mass is 10.1. The number of carbonyl (C=O) groups excluding carboxylic acids is 1. The number of halogens is 1. The van der Waals surface area contributed by atoms with E-state index in [1.165, 1.54) is 17.4 Å². The van der Waals surface area contributed by atoms with Crippen LogP contribution in [0.4, 0.5) is 0 Å². The summed E-state index contributed by atoms with van der Waals surface area (Å²) in [4.78, 5) is 22.5. The number of thiazole rings is 1. The van der Waals surface area contributed by atoms with Crippen molar-refractivity contribution in [2.24, 2.45) is 5.73 Å². The first kappa shape index (κ1) is 25.1. The number of hydrogen-bond acceptors (Lipinski definition) is 7. The highest BCUT2D eigenvalue weighted by Crippen LogP contribution is 2.39. The lowest BCUT2D eigenvalue weighted by Crippen LogP contribution is -2.19. The van der Waals surface area contributed by atoms with Gasteiger partial charge in [0.05, 0.1) is 24.8 Å². The molecule has 174 valence electrons. The Labute approximate surface area is 208 Å². The summed E-state index contributed by atoms with van der Waals surface area (Å²) in [5, 5.41) is 0.549. The summed E-state index contributed by atoms with van der Waals surface area (Å²) < 4.78 is 10.6. The van der Waals surface area contributed by atoms with Gasteiger partial charge in [0.1, 0.15) is 22.5 Å². The molecule has 2 aromatic heterocycles. The number of aromatic nitrogens is 2. The Morgan fingerprint density at radius 2 is 1.59 bits per heavy atom. The minimum atomic E-state index is -0.869. The van der Waals surface area contributed by atoms with Gasteiger partial charge in [0.2, 0.25) is 0 Å². The number of methoxy groups -OCH3 is 2. The molecule has 1 unspecified atom stereocenters. The van der Waals surface area contributed by atoms with Gasteiger partial charge in [-0.3, -0.25) is 9.78 Å². The predicted octanol–water partition coefficient (Wildman–Crippen LogP) is 5.59. The van der Waals surface area contributed by atoms with Crippen molar-refractivity contribution in [3.8, 4) is 33.2 Å². The van der Waals surface area contributed by atoms with Gasteiger partial charge in [-0.25, -0.2) is 4.98 Å². The van der Waals surface area contributed by atoms with Crippen LogP contribution in [0.15, 0.2) is 79.1 Å². The first-order valence-corrected chi connectivity index (χ1v) is 11.1. The Morgan fingerprint density at radius 1 is 0.971 bits per heavy atom. The van der Waals surface area contributed by atoms with Crippen LogP contribution in [0.25, 0.3) is 27.8 Å². The molecule has 34 heavy (non-hydrogen) atoms. The molecule has 6 nitrogen and oxygen atoms in total. The van der Waals surface area contributed by atoms with Crippen LogP contribution in [-0.4, -0.2) is 30.0 Å². The van der Waals surface area contributed by atoms with Crippen LogP contribution in [0.1, 0.15) is 16.6 Å². The van der Waals surface area contributed by atoms with E-state index in [0.717, 1.165) is 38.8 Å². The van der Waals surface area contributed by atoms with Crippen molar-refractivity contribution >= 4 is 35.6 Å². The molecule has 4 rings (SSSR count). The fourth-order valence-electron chi connectivity index (χ4n) is 3.23. The largest absolute Gasteiger partial charge is 0.497 e. The number of ether oxygens (including phenoxy) is 2. The van der Waals surface area contributed by atoms with Crippen molar-refractivity contribution in [2.75, 3.05) is 14.2 Å². The average Bonchev–Trinajstić information content (AvgIpc) is 3.33. The van der Waals surface area contributed by atoms with Gasteiger partial charge < -0.3 is 15.2 Å². The molecule has 0 aliphatic heterocycles. The number of rotatable bonds is 8. The number of ketones is 1. The highest BCUT2D eigenvalue weighted by molar-refractivity contribution is 7.16. The zero-order valence-electron chi connectivity index (χ0n) is 18.7. The molecular weight excluding hydrogens is 470 g/mol. The Bertz CT molecular complexity index is 1190. The predicted molar refractivity (Wildman–Crippen MR) is 139 cm³/mol. The number of benzene rings is 2. The van der Waals surface area contributed by atoms with Gasteiger partial charge in [-0.2, -0.15) is 0 Å². The van der Waals surface area contributed by atoms with Crippen LogP contribution in [0.3, 0.4) is 0 Å². The fourth-order valence-corrected chi connectivity index (χ4v) is 4.33. The second-order valence-corrected chi connectivity index (χ2v) is 8.22. The van der Waals surface area contributed by atoms with Gasteiger partial charge in [-0.1, -0.05) is 6.07 Å². The second-order valence-electron chi connectivity index (χ2n) is 7.19. The van der Waals surface area contributed by atoms with E-state index < -0.39 is 6.04 Å². The molecule has 0 fully saturated rings. The minimum Gasteiger partial charge on any atom is -0.497 e. The summed E-state index contributed by atoms with van der Waals surface area (Å²) in [6.45, 7) is 0. The van der Waals surface area contributed by atoms with Gasteiger partial charge >= 0.3 is 0 Å². The summed E-state index contributed by atoms with van der Waals surface area (Å²) in [5.74, 6) is 1.30. The van der Waals surface area contributed by atoms with Gasteiger partial charge in [-0.15, -0.1) is 23.7 Å². The van der Waals surface area contributed by atoms with Crippen LogP contribution >= 0.6 is 23.7 Å². The van der Waals surface area contributed by atoms with Crippen molar-refractivity contribution in [1.82, 2.24) is 9.97 Å². The average molecular weight is 494 g/mol. The number of nitrogens with zero attached hydrogens (tertiary/aromatic N) is 2. The van der Waals surface area contributed by atoms with E-state index in [9.17, 15) is 4.79 Å². The number of carbonyl (C=O) groups is 1. The lowest BCUT2D eigenvalue weighted by Gasteiger charge is -2.05.